The Morgan fingerprint density at radius 3 is 2.68 bits per heavy atom. The van der Waals surface area contributed by atoms with Crippen LogP contribution >= 0.6 is 0 Å². The third-order valence-corrected chi connectivity index (χ3v) is 3.75. The van der Waals surface area contributed by atoms with Gasteiger partial charge in [0.15, 0.2) is 5.43 Å². The Morgan fingerprint density at radius 2 is 1.86 bits per heavy atom. The molecule has 0 radical (unpaired) electrons. The third kappa shape index (κ3) is 3.03. The average molecular weight is 294 g/mol. The summed E-state index contributed by atoms with van der Waals surface area (Å²) in [7, 11) is 0. The number of benzene rings is 2. The predicted molar refractivity (Wildman–Crippen MR) is 87.4 cm³/mol. The van der Waals surface area contributed by atoms with E-state index in [4.69, 9.17) is 4.42 Å². The Hall–Kier alpha value is -2.55. The molecule has 1 aromatic heterocycles. The van der Waals surface area contributed by atoms with Gasteiger partial charge in [-0.1, -0.05) is 35.9 Å². The van der Waals surface area contributed by atoms with E-state index in [2.05, 4.69) is 31.2 Å². The Labute approximate surface area is 128 Å². The van der Waals surface area contributed by atoms with E-state index in [0.717, 1.165) is 12.8 Å². The summed E-state index contributed by atoms with van der Waals surface area (Å²) in [6.45, 7) is 2.08. The van der Waals surface area contributed by atoms with Gasteiger partial charge in [0.05, 0.1) is 0 Å². The molecule has 0 aliphatic heterocycles. The fourth-order valence-corrected chi connectivity index (χ4v) is 2.70. The number of aryl methyl sites for hydroxylation is 3. The van der Waals surface area contributed by atoms with Crippen molar-refractivity contribution in [3.05, 3.63) is 75.6 Å². The van der Waals surface area contributed by atoms with E-state index in [-0.39, 0.29) is 16.6 Å². The Balaban J connectivity index is 1.76. The SMILES string of the molecule is Cc1cccc(CCCc2cc(=O)c3c(O)cccc3o2)c1. The maximum atomic E-state index is 12.1. The highest BCUT2D eigenvalue weighted by Crippen LogP contribution is 2.22. The second-order valence-electron chi connectivity index (χ2n) is 5.57. The zero-order valence-electron chi connectivity index (χ0n) is 12.5. The highest BCUT2D eigenvalue weighted by molar-refractivity contribution is 5.82. The van der Waals surface area contributed by atoms with Crippen molar-refractivity contribution in [3.8, 4) is 5.75 Å². The lowest BCUT2D eigenvalue weighted by Crippen LogP contribution is -2.03. The van der Waals surface area contributed by atoms with Crippen LogP contribution in [0.15, 0.2) is 57.7 Å². The topological polar surface area (TPSA) is 50.4 Å². The summed E-state index contributed by atoms with van der Waals surface area (Å²) >= 11 is 0. The molecule has 0 aliphatic rings. The zero-order chi connectivity index (χ0) is 15.5. The first-order chi connectivity index (χ1) is 10.6. The first-order valence-corrected chi connectivity index (χ1v) is 7.44. The summed E-state index contributed by atoms with van der Waals surface area (Å²) in [4.78, 5) is 12.1. The fraction of sp³-hybridized carbons (Fsp3) is 0.211. The van der Waals surface area contributed by atoms with Crippen LogP contribution in [0.25, 0.3) is 11.0 Å². The molecule has 22 heavy (non-hydrogen) atoms. The first kappa shape index (κ1) is 14.4. The van der Waals surface area contributed by atoms with Crippen molar-refractivity contribution >= 4 is 11.0 Å². The lowest BCUT2D eigenvalue weighted by molar-refractivity contribution is 0.477. The van der Waals surface area contributed by atoms with E-state index < -0.39 is 0 Å². The molecule has 2 aromatic carbocycles. The van der Waals surface area contributed by atoms with Gasteiger partial charge in [0.1, 0.15) is 22.5 Å². The summed E-state index contributed by atoms with van der Waals surface area (Å²) < 4.78 is 5.73. The monoisotopic (exact) mass is 294 g/mol. The minimum absolute atomic E-state index is 0.0300. The largest absolute Gasteiger partial charge is 0.507 e. The van der Waals surface area contributed by atoms with Gasteiger partial charge >= 0.3 is 0 Å². The van der Waals surface area contributed by atoms with Crippen molar-refractivity contribution in [1.29, 1.82) is 0 Å². The van der Waals surface area contributed by atoms with Gasteiger partial charge in [-0.25, -0.2) is 0 Å². The molecule has 0 spiro atoms. The number of fused-ring (bicyclic) bond motifs is 1. The smallest absolute Gasteiger partial charge is 0.196 e. The summed E-state index contributed by atoms with van der Waals surface area (Å²) in [6, 6.07) is 14.8. The van der Waals surface area contributed by atoms with Crippen molar-refractivity contribution in [2.24, 2.45) is 0 Å². The molecule has 0 saturated heterocycles. The maximum Gasteiger partial charge on any atom is 0.196 e. The van der Waals surface area contributed by atoms with Crippen LogP contribution in [0.1, 0.15) is 23.3 Å². The van der Waals surface area contributed by atoms with Gasteiger partial charge in [0, 0.05) is 12.5 Å². The molecule has 0 unspecified atom stereocenters. The van der Waals surface area contributed by atoms with Gasteiger partial charge in [-0.05, 0) is 37.5 Å². The number of phenols is 1. The minimum Gasteiger partial charge on any atom is -0.507 e. The molecular formula is C19H18O3. The van der Waals surface area contributed by atoms with Crippen LogP contribution < -0.4 is 5.43 Å². The molecule has 0 saturated carbocycles. The van der Waals surface area contributed by atoms with Gasteiger partial charge in [-0.15, -0.1) is 0 Å². The zero-order valence-corrected chi connectivity index (χ0v) is 12.5. The van der Waals surface area contributed by atoms with Gasteiger partial charge < -0.3 is 9.52 Å². The van der Waals surface area contributed by atoms with Crippen molar-refractivity contribution in [3.63, 3.8) is 0 Å². The second kappa shape index (κ2) is 6.06. The Bertz CT molecular complexity index is 862. The highest BCUT2D eigenvalue weighted by Gasteiger charge is 2.08. The van der Waals surface area contributed by atoms with E-state index in [0.29, 0.717) is 17.8 Å². The quantitative estimate of drug-likeness (QED) is 0.791. The minimum atomic E-state index is -0.190. The van der Waals surface area contributed by atoms with Crippen LogP contribution in [0.3, 0.4) is 0 Å². The van der Waals surface area contributed by atoms with Crippen LogP contribution in [-0.2, 0) is 12.8 Å². The molecule has 3 aromatic rings. The van der Waals surface area contributed by atoms with E-state index >= 15 is 0 Å². The third-order valence-electron chi connectivity index (χ3n) is 3.75. The van der Waals surface area contributed by atoms with Crippen LogP contribution in [-0.4, -0.2) is 5.11 Å². The molecule has 3 nitrogen and oxygen atoms in total. The van der Waals surface area contributed by atoms with Gasteiger partial charge in [-0.3, -0.25) is 4.79 Å². The van der Waals surface area contributed by atoms with Crippen LogP contribution in [0.5, 0.6) is 5.75 Å². The fourth-order valence-electron chi connectivity index (χ4n) is 2.70. The average Bonchev–Trinajstić information content (AvgIpc) is 2.47. The molecule has 0 bridgehead atoms. The van der Waals surface area contributed by atoms with E-state index in [1.807, 2.05) is 0 Å². The molecule has 112 valence electrons. The molecular weight excluding hydrogens is 276 g/mol. The first-order valence-electron chi connectivity index (χ1n) is 7.44. The van der Waals surface area contributed by atoms with Gasteiger partial charge in [-0.2, -0.15) is 0 Å². The van der Waals surface area contributed by atoms with E-state index in [1.165, 1.54) is 23.3 Å². The molecule has 0 amide bonds. The normalized spacial score (nSPS) is 11.0. The van der Waals surface area contributed by atoms with Gasteiger partial charge in [0.25, 0.3) is 0 Å². The number of phenolic OH excluding ortho intramolecular Hbond substituents is 1. The van der Waals surface area contributed by atoms with Crippen molar-refractivity contribution in [2.75, 3.05) is 0 Å². The molecule has 3 rings (SSSR count). The summed E-state index contributed by atoms with van der Waals surface area (Å²) in [6.07, 6.45) is 2.56. The van der Waals surface area contributed by atoms with E-state index in [1.54, 1.807) is 12.1 Å². The van der Waals surface area contributed by atoms with E-state index in [9.17, 15) is 9.90 Å². The Morgan fingerprint density at radius 1 is 1.05 bits per heavy atom. The van der Waals surface area contributed by atoms with Gasteiger partial charge in [0.2, 0.25) is 0 Å². The number of aromatic hydroxyl groups is 1. The molecule has 0 atom stereocenters. The highest BCUT2D eigenvalue weighted by atomic mass is 16.3. The summed E-state index contributed by atoms with van der Waals surface area (Å²) in [5, 5.41) is 9.99. The molecule has 3 heteroatoms. The summed E-state index contributed by atoms with van der Waals surface area (Å²) in [5.74, 6) is 0.633. The predicted octanol–water partition coefficient (Wildman–Crippen LogP) is 3.98. The number of hydrogen-bond donors (Lipinski definition) is 1. The standard InChI is InChI=1S/C19H18O3/c1-13-5-2-6-14(11-13)7-3-8-15-12-17(21)19-16(20)9-4-10-18(19)22-15/h2,4-6,9-12,20H,3,7-8H2,1H3. The van der Waals surface area contributed by atoms with Crippen LogP contribution in [0, 0.1) is 6.92 Å². The number of hydrogen-bond acceptors (Lipinski definition) is 3. The van der Waals surface area contributed by atoms with Crippen molar-refractivity contribution in [2.45, 2.75) is 26.2 Å². The molecule has 1 N–H and O–H groups in total. The molecule has 0 aliphatic carbocycles. The summed E-state index contributed by atoms with van der Waals surface area (Å²) in [5.41, 5.74) is 2.80. The second-order valence-corrected chi connectivity index (χ2v) is 5.57. The van der Waals surface area contributed by atoms with Crippen molar-refractivity contribution < 1.29 is 9.52 Å². The number of rotatable bonds is 4. The lowest BCUT2D eigenvalue weighted by atomic mass is 10.0. The Kier molecular flexibility index (Phi) is 3.96. The lowest BCUT2D eigenvalue weighted by Gasteiger charge is -2.05. The van der Waals surface area contributed by atoms with Crippen molar-refractivity contribution in [1.82, 2.24) is 0 Å². The molecule has 0 fully saturated rings. The molecule has 1 heterocycles. The van der Waals surface area contributed by atoms with Crippen LogP contribution in [0.4, 0.5) is 0 Å². The maximum absolute atomic E-state index is 12.1. The van der Waals surface area contributed by atoms with Crippen LogP contribution in [0.2, 0.25) is 0 Å².